The first-order chi connectivity index (χ1) is 17.0. The highest BCUT2D eigenvalue weighted by Gasteiger charge is 2.41. The van der Waals surface area contributed by atoms with Gasteiger partial charge in [-0.05, 0) is 57.5 Å². The molecule has 1 atom stereocenters. The first-order valence-electron chi connectivity index (χ1n) is 11.6. The third kappa shape index (κ3) is 4.66. The summed E-state index contributed by atoms with van der Waals surface area (Å²) in [5.41, 5.74) is 1.13. The number of esters is 1. The average Bonchev–Trinajstić information content (AvgIpc) is 3.32. The number of hydrogen-bond donors (Lipinski definition) is 1. The van der Waals surface area contributed by atoms with E-state index in [1.165, 1.54) is 11.0 Å². The number of nitrogens with zero attached hydrogens (tertiary/aromatic N) is 2. The number of anilines is 2. The minimum Gasteiger partial charge on any atom is -0.464 e. The summed E-state index contributed by atoms with van der Waals surface area (Å²) in [6.45, 7) is 6.45. The molecule has 2 aliphatic heterocycles. The van der Waals surface area contributed by atoms with E-state index in [1.807, 2.05) is 0 Å². The molecule has 0 bridgehead atoms. The van der Waals surface area contributed by atoms with Gasteiger partial charge in [-0.2, -0.15) is 0 Å². The van der Waals surface area contributed by atoms with Crippen LogP contribution >= 0.6 is 0 Å². The second-order valence-electron chi connectivity index (χ2n) is 9.40. The van der Waals surface area contributed by atoms with Gasteiger partial charge < -0.3 is 14.8 Å². The standard InChI is InChI=1S/C26H27N3O7/c1-5-35-24(33)20-12-15-10-11-16(28-22(31)17-8-6-7-9-18(17)23(28)32)13-19(15)29(20)21(30)14-27-25(34)36-26(2,3)4/h6-11,13,20H,5,12,14H2,1-4H3,(H,27,34). The predicted molar refractivity (Wildman–Crippen MR) is 130 cm³/mol. The van der Waals surface area contributed by atoms with E-state index in [1.54, 1.807) is 64.1 Å². The molecule has 1 N–H and O–H groups in total. The highest BCUT2D eigenvalue weighted by molar-refractivity contribution is 6.34. The minimum atomic E-state index is -0.953. The Morgan fingerprint density at radius 1 is 1.03 bits per heavy atom. The average molecular weight is 494 g/mol. The molecule has 188 valence electrons. The van der Waals surface area contributed by atoms with E-state index in [9.17, 15) is 24.0 Å². The van der Waals surface area contributed by atoms with E-state index < -0.39 is 48.0 Å². The first kappa shape index (κ1) is 24.9. The second kappa shape index (κ2) is 9.44. The molecule has 0 saturated carbocycles. The zero-order chi connectivity index (χ0) is 26.2. The fourth-order valence-corrected chi connectivity index (χ4v) is 4.26. The summed E-state index contributed by atoms with van der Waals surface area (Å²) in [4.78, 5) is 66.2. The zero-order valence-electron chi connectivity index (χ0n) is 20.5. The van der Waals surface area contributed by atoms with Crippen molar-refractivity contribution in [1.82, 2.24) is 5.32 Å². The van der Waals surface area contributed by atoms with Crippen molar-refractivity contribution in [2.45, 2.75) is 45.8 Å². The Labute approximate surface area is 208 Å². The van der Waals surface area contributed by atoms with Gasteiger partial charge in [0.25, 0.3) is 11.8 Å². The largest absolute Gasteiger partial charge is 0.464 e. The predicted octanol–water partition coefficient (Wildman–Crippen LogP) is 2.83. The van der Waals surface area contributed by atoms with E-state index in [-0.39, 0.29) is 18.7 Å². The Kier molecular flexibility index (Phi) is 6.53. The van der Waals surface area contributed by atoms with Crippen molar-refractivity contribution in [3.8, 4) is 0 Å². The van der Waals surface area contributed by atoms with Crippen LogP contribution in [0, 0.1) is 0 Å². The number of imide groups is 1. The lowest BCUT2D eigenvalue weighted by Crippen LogP contribution is -2.48. The van der Waals surface area contributed by atoms with E-state index >= 15 is 0 Å². The molecule has 0 aromatic heterocycles. The molecular formula is C26H27N3O7. The highest BCUT2D eigenvalue weighted by atomic mass is 16.6. The Balaban J connectivity index is 1.64. The van der Waals surface area contributed by atoms with Crippen LogP contribution in [0.15, 0.2) is 42.5 Å². The van der Waals surface area contributed by atoms with E-state index in [0.717, 1.165) is 4.90 Å². The third-order valence-electron chi connectivity index (χ3n) is 5.72. The molecule has 0 fully saturated rings. The quantitative estimate of drug-likeness (QED) is 0.502. The molecule has 2 aromatic rings. The van der Waals surface area contributed by atoms with Gasteiger partial charge in [-0.3, -0.25) is 19.3 Å². The van der Waals surface area contributed by atoms with E-state index in [4.69, 9.17) is 9.47 Å². The first-order valence-corrected chi connectivity index (χ1v) is 11.6. The molecule has 2 heterocycles. The molecule has 4 rings (SSSR count). The summed E-state index contributed by atoms with van der Waals surface area (Å²) in [6.07, 6.45) is -0.586. The molecule has 2 aromatic carbocycles. The van der Waals surface area contributed by atoms with Gasteiger partial charge in [-0.15, -0.1) is 0 Å². The SMILES string of the molecule is CCOC(=O)C1Cc2ccc(N3C(=O)c4ccccc4C3=O)cc2N1C(=O)CNC(=O)OC(C)(C)C. The number of amides is 4. The smallest absolute Gasteiger partial charge is 0.408 e. The Hall–Kier alpha value is -4.21. The van der Waals surface area contributed by atoms with Crippen LogP contribution in [0.4, 0.5) is 16.2 Å². The normalized spacial score (nSPS) is 16.5. The molecule has 1 unspecified atom stereocenters. The lowest BCUT2D eigenvalue weighted by molar-refractivity contribution is -0.145. The minimum absolute atomic E-state index is 0.129. The van der Waals surface area contributed by atoms with Gasteiger partial charge in [0.2, 0.25) is 5.91 Å². The summed E-state index contributed by atoms with van der Waals surface area (Å²) >= 11 is 0. The molecule has 10 nitrogen and oxygen atoms in total. The summed E-state index contributed by atoms with van der Waals surface area (Å²) < 4.78 is 10.4. The van der Waals surface area contributed by atoms with Crippen LogP contribution < -0.4 is 15.1 Å². The molecule has 0 saturated heterocycles. The topological polar surface area (TPSA) is 122 Å². The number of hydrogen-bond acceptors (Lipinski definition) is 7. The van der Waals surface area contributed by atoms with Gasteiger partial charge in [0.05, 0.1) is 29.1 Å². The highest BCUT2D eigenvalue weighted by Crippen LogP contribution is 2.38. The van der Waals surface area contributed by atoms with Gasteiger partial charge in [-0.25, -0.2) is 14.5 Å². The van der Waals surface area contributed by atoms with Crippen LogP contribution in [-0.4, -0.2) is 54.6 Å². The third-order valence-corrected chi connectivity index (χ3v) is 5.72. The number of ether oxygens (including phenoxy) is 2. The number of alkyl carbamates (subject to hydrolysis) is 1. The van der Waals surface area contributed by atoms with E-state index in [0.29, 0.717) is 22.4 Å². The summed E-state index contributed by atoms with van der Waals surface area (Å²) in [6, 6.07) is 10.4. The van der Waals surface area contributed by atoms with Gasteiger partial charge in [0, 0.05) is 6.42 Å². The summed E-state index contributed by atoms with van der Waals surface area (Å²) in [5, 5.41) is 2.41. The number of benzene rings is 2. The van der Waals surface area contributed by atoms with Crippen molar-refractivity contribution in [1.29, 1.82) is 0 Å². The summed E-state index contributed by atoms with van der Waals surface area (Å²) in [7, 11) is 0. The lowest BCUT2D eigenvalue weighted by atomic mass is 10.1. The maximum atomic E-state index is 13.2. The lowest BCUT2D eigenvalue weighted by Gasteiger charge is -2.25. The fourth-order valence-electron chi connectivity index (χ4n) is 4.26. The maximum Gasteiger partial charge on any atom is 0.408 e. The van der Waals surface area contributed by atoms with Crippen molar-refractivity contribution in [3.63, 3.8) is 0 Å². The van der Waals surface area contributed by atoms with Crippen LogP contribution in [0.3, 0.4) is 0 Å². The van der Waals surface area contributed by atoms with Crippen molar-refractivity contribution >= 4 is 41.2 Å². The van der Waals surface area contributed by atoms with Gasteiger partial charge >= 0.3 is 12.1 Å². The maximum absolute atomic E-state index is 13.2. The number of rotatable bonds is 5. The fraction of sp³-hybridized carbons (Fsp3) is 0.346. The van der Waals surface area contributed by atoms with Crippen LogP contribution in [0.1, 0.15) is 54.0 Å². The van der Waals surface area contributed by atoms with Crippen LogP contribution in [-0.2, 0) is 25.5 Å². The molecule has 2 aliphatic rings. The van der Waals surface area contributed by atoms with Gasteiger partial charge in [-0.1, -0.05) is 18.2 Å². The van der Waals surface area contributed by atoms with Crippen molar-refractivity contribution in [2.75, 3.05) is 23.0 Å². The Morgan fingerprint density at radius 2 is 1.67 bits per heavy atom. The number of fused-ring (bicyclic) bond motifs is 2. The molecule has 0 aliphatic carbocycles. The Morgan fingerprint density at radius 3 is 2.25 bits per heavy atom. The van der Waals surface area contributed by atoms with Crippen LogP contribution in [0.5, 0.6) is 0 Å². The number of carbonyl (C=O) groups is 5. The second-order valence-corrected chi connectivity index (χ2v) is 9.40. The molecule has 0 radical (unpaired) electrons. The Bertz CT molecular complexity index is 1230. The molecule has 0 spiro atoms. The number of carbonyl (C=O) groups excluding carboxylic acids is 5. The van der Waals surface area contributed by atoms with Crippen molar-refractivity contribution in [2.24, 2.45) is 0 Å². The van der Waals surface area contributed by atoms with E-state index in [2.05, 4.69) is 5.32 Å². The van der Waals surface area contributed by atoms with Crippen LogP contribution in [0.2, 0.25) is 0 Å². The van der Waals surface area contributed by atoms with Crippen LogP contribution in [0.25, 0.3) is 0 Å². The molecular weight excluding hydrogens is 466 g/mol. The summed E-state index contributed by atoms with van der Waals surface area (Å²) in [5.74, 6) is -2.11. The zero-order valence-corrected chi connectivity index (χ0v) is 20.5. The molecule has 10 heteroatoms. The van der Waals surface area contributed by atoms with Crippen molar-refractivity contribution < 1.29 is 33.4 Å². The number of nitrogens with one attached hydrogen (secondary N) is 1. The molecule has 4 amide bonds. The molecule has 36 heavy (non-hydrogen) atoms. The van der Waals surface area contributed by atoms with Gasteiger partial charge in [0.1, 0.15) is 18.2 Å². The monoisotopic (exact) mass is 493 g/mol. The van der Waals surface area contributed by atoms with Gasteiger partial charge in [0.15, 0.2) is 0 Å². The van der Waals surface area contributed by atoms with Crippen molar-refractivity contribution in [3.05, 3.63) is 59.2 Å².